The maximum absolute atomic E-state index is 12.5. The second kappa shape index (κ2) is 9.27. The van der Waals surface area contributed by atoms with E-state index in [1.165, 1.54) is 0 Å². The minimum atomic E-state index is -0.569. The highest BCUT2D eigenvalue weighted by Gasteiger charge is 2.33. The zero-order chi connectivity index (χ0) is 20.8. The highest BCUT2D eigenvalue weighted by Crippen LogP contribution is 2.16. The number of ether oxygens (including phenoxy) is 1. The number of carbonyl (C=O) groups excluding carboxylic acids is 2. The number of hydrogen-bond acceptors (Lipinski definition) is 3. The molecular weight excluding hydrogens is 376 g/mol. The summed E-state index contributed by atoms with van der Waals surface area (Å²) in [5, 5.41) is 5.72. The molecule has 2 amide bonds. The molecule has 0 spiro atoms. The van der Waals surface area contributed by atoms with Crippen molar-refractivity contribution in [2.45, 2.75) is 31.5 Å². The van der Waals surface area contributed by atoms with Gasteiger partial charge in [-0.1, -0.05) is 72.8 Å². The van der Waals surface area contributed by atoms with Gasteiger partial charge in [-0.15, -0.1) is 0 Å². The number of amides is 2. The van der Waals surface area contributed by atoms with Gasteiger partial charge in [0.25, 0.3) is 0 Å². The highest BCUT2D eigenvalue weighted by atomic mass is 16.5. The van der Waals surface area contributed by atoms with Crippen LogP contribution < -0.4 is 15.4 Å². The lowest BCUT2D eigenvalue weighted by molar-refractivity contribution is -0.136. The molecule has 1 aliphatic rings. The van der Waals surface area contributed by atoms with E-state index < -0.39 is 12.1 Å². The van der Waals surface area contributed by atoms with Crippen LogP contribution in [-0.2, 0) is 29.0 Å². The quantitative estimate of drug-likeness (QED) is 0.641. The first kappa shape index (κ1) is 19.7. The van der Waals surface area contributed by atoms with Crippen LogP contribution in [0.3, 0.4) is 0 Å². The second-order valence-electron chi connectivity index (χ2n) is 7.43. The summed E-state index contributed by atoms with van der Waals surface area (Å²) >= 11 is 0. The smallest absolute Gasteiger partial charge is 0.243 e. The second-order valence-corrected chi connectivity index (χ2v) is 7.43. The van der Waals surface area contributed by atoms with Crippen LogP contribution >= 0.6 is 0 Å². The van der Waals surface area contributed by atoms with Gasteiger partial charge in [0.1, 0.15) is 24.4 Å². The molecule has 0 aliphatic carbocycles. The van der Waals surface area contributed by atoms with E-state index in [2.05, 4.69) is 10.6 Å². The van der Waals surface area contributed by atoms with E-state index in [1.54, 1.807) is 0 Å². The van der Waals surface area contributed by atoms with Gasteiger partial charge in [0.15, 0.2) is 0 Å². The molecule has 4 rings (SSSR count). The molecule has 30 heavy (non-hydrogen) atoms. The molecule has 0 bridgehead atoms. The molecule has 1 fully saturated rings. The van der Waals surface area contributed by atoms with Crippen LogP contribution in [0.15, 0.2) is 84.9 Å². The van der Waals surface area contributed by atoms with Crippen molar-refractivity contribution in [3.63, 3.8) is 0 Å². The predicted molar refractivity (Wildman–Crippen MR) is 115 cm³/mol. The summed E-state index contributed by atoms with van der Waals surface area (Å²) in [7, 11) is 0. The van der Waals surface area contributed by atoms with Crippen LogP contribution in [0.25, 0.3) is 0 Å². The van der Waals surface area contributed by atoms with E-state index in [4.69, 9.17) is 4.74 Å². The monoisotopic (exact) mass is 400 g/mol. The fourth-order valence-electron chi connectivity index (χ4n) is 3.51. The molecule has 5 nitrogen and oxygen atoms in total. The van der Waals surface area contributed by atoms with E-state index in [1.807, 2.05) is 84.9 Å². The Morgan fingerprint density at radius 3 is 1.60 bits per heavy atom. The third-order valence-corrected chi connectivity index (χ3v) is 5.16. The minimum absolute atomic E-state index is 0.147. The molecule has 0 aromatic heterocycles. The van der Waals surface area contributed by atoms with Gasteiger partial charge >= 0.3 is 0 Å². The lowest BCUT2D eigenvalue weighted by Crippen LogP contribution is -2.62. The standard InChI is InChI=1S/C25H24N2O3/c28-24-22(15-18-7-3-1-4-8-18)26-25(29)23(27-24)16-19-11-13-21(14-12-19)30-17-20-9-5-2-6-10-20/h1-14,22-23H,15-17H2,(H,26,29)(H,27,28)/t22-,23-/m0/s1. The number of piperazine rings is 1. The summed E-state index contributed by atoms with van der Waals surface area (Å²) < 4.78 is 5.80. The summed E-state index contributed by atoms with van der Waals surface area (Å²) in [6.07, 6.45) is 0.924. The van der Waals surface area contributed by atoms with Crippen LogP contribution in [0.2, 0.25) is 0 Å². The first-order valence-electron chi connectivity index (χ1n) is 10.1. The Bertz CT molecular complexity index is 988. The Morgan fingerprint density at radius 2 is 1.07 bits per heavy atom. The molecule has 0 saturated carbocycles. The van der Waals surface area contributed by atoms with Crippen molar-refractivity contribution in [2.75, 3.05) is 0 Å². The van der Waals surface area contributed by atoms with Gasteiger partial charge in [0, 0.05) is 12.8 Å². The van der Waals surface area contributed by atoms with Crippen LogP contribution in [0.1, 0.15) is 16.7 Å². The summed E-state index contributed by atoms with van der Waals surface area (Å²) in [6.45, 7) is 0.504. The first-order chi connectivity index (χ1) is 14.7. The van der Waals surface area contributed by atoms with Crippen molar-refractivity contribution >= 4 is 11.8 Å². The van der Waals surface area contributed by atoms with E-state index >= 15 is 0 Å². The van der Waals surface area contributed by atoms with Gasteiger partial charge in [-0.3, -0.25) is 9.59 Å². The zero-order valence-electron chi connectivity index (χ0n) is 16.6. The van der Waals surface area contributed by atoms with Crippen molar-refractivity contribution in [1.82, 2.24) is 10.6 Å². The molecule has 2 N–H and O–H groups in total. The average molecular weight is 400 g/mol. The molecule has 152 valence electrons. The van der Waals surface area contributed by atoms with Gasteiger partial charge in [-0.25, -0.2) is 0 Å². The van der Waals surface area contributed by atoms with Crippen LogP contribution in [0.5, 0.6) is 5.75 Å². The molecule has 2 atom stereocenters. The van der Waals surface area contributed by atoms with Crippen molar-refractivity contribution in [3.8, 4) is 5.75 Å². The molecule has 1 saturated heterocycles. The third kappa shape index (κ3) is 5.06. The minimum Gasteiger partial charge on any atom is -0.489 e. The number of hydrogen-bond donors (Lipinski definition) is 2. The topological polar surface area (TPSA) is 67.4 Å². The van der Waals surface area contributed by atoms with Gasteiger partial charge < -0.3 is 15.4 Å². The normalized spacial score (nSPS) is 18.4. The molecule has 5 heteroatoms. The molecule has 0 unspecified atom stereocenters. The molecule has 3 aromatic rings. The molecule has 1 aliphatic heterocycles. The Morgan fingerprint density at radius 1 is 0.600 bits per heavy atom. The highest BCUT2D eigenvalue weighted by molar-refractivity contribution is 5.97. The average Bonchev–Trinajstić information content (AvgIpc) is 2.78. The maximum Gasteiger partial charge on any atom is 0.243 e. The van der Waals surface area contributed by atoms with Crippen molar-refractivity contribution in [2.24, 2.45) is 0 Å². The lowest BCUT2D eigenvalue weighted by atomic mass is 9.98. The van der Waals surface area contributed by atoms with Gasteiger partial charge in [0.2, 0.25) is 11.8 Å². The fourth-order valence-corrected chi connectivity index (χ4v) is 3.51. The van der Waals surface area contributed by atoms with Crippen molar-refractivity contribution in [1.29, 1.82) is 0 Å². The number of carbonyl (C=O) groups is 2. The largest absolute Gasteiger partial charge is 0.489 e. The summed E-state index contributed by atoms with van der Waals surface area (Å²) in [4.78, 5) is 25.0. The Hall–Kier alpha value is -3.60. The molecule has 3 aromatic carbocycles. The molecular formula is C25H24N2O3. The molecule has 0 radical (unpaired) electrons. The maximum atomic E-state index is 12.5. The fraction of sp³-hybridized carbons (Fsp3) is 0.200. The predicted octanol–water partition coefficient (Wildman–Crippen LogP) is 3.03. The van der Waals surface area contributed by atoms with E-state index in [-0.39, 0.29) is 11.8 Å². The summed E-state index contributed by atoms with van der Waals surface area (Å²) in [5.74, 6) is 0.467. The Balaban J connectivity index is 1.31. The SMILES string of the molecule is O=C1N[C@@H](Cc2ccc(OCc3ccccc3)cc2)C(=O)N[C@H]1Cc1ccccc1. The summed E-state index contributed by atoms with van der Waals surface area (Å²) in [6, 6.07) is 26.2. The zero-order valence-corrected chi connectivity index (χ0v) is 16.6. The number of benzene rings is 3. The van der Waals surface area contributed by atoms with E-state index in [0.29, 0.717) is 19.4 Å². The van der Waals surface area contributed by atoms with Crippen molar-refractivity contribution in [3.05, 3.63) is 102 Å². The van der Waals surface area contributed by atoms with Gasteiger partial charge in [-0.2, -0.15) is 0 Å². The van der Waals surface area contributed by atoms with Crippen LogP contribution in [0.4, 0.5) is 0 Å². The van der Waals surface area contributed by atoms with Gasteiger partial charge in [0.05, 0.1) is 0 Å². The first-order valence-corrected chi connectivity index (χ1v) is 10.1. The Labute approximate surface area is 176 Å². The van der Waals surface area contributed by atoms with E-state index in [9.17, 15) is 9.59 Å². The Kier molecular flexibility index (Phi) is 6.09. The number of rotatable bonds is 7. The number of nitrogens with one attached hydrogen (secondary N) is 2. The van der Waals surface area contributed by atoms with Crippen LogP contribution in [0, 0.1) is 0 Å². The lowest BCUT2D eigenvalue weighted by Gasteiger charge is -2.29. The van der Waals surface area contributed by atoms with E-state index in [0.717, 1.165) is 22.4 Å². The van der Waals surface area contributed by atoms with Crippen molar-refractivity contribution < 1.29 is 14.3 Å². The molecule has 1 heterocycles. The van der Waals surface area contributed by atoms with Crippen LogP contribution in [-0.4, -0.2) is 23.9 Å². The van der Waals surface area contributed by atoms with Gasteiger partial charge in [-0.05, 0) is 28.8 Å². The third-order valence-electron chi connectivity index (χ3n) is 5.16. The summed E-state index contributed by atoms with van der Waals surface area (Å²) in [5.41, 5.74) is 3.08.